The van der Waals surface area contributed by atoms with Crippen LogP contribution >= 0.6 is 27.7 Å². The van der Waals surface area contributed by atoms with Crippen molar-refractivity contribution in [3.05, 3.63) is 28.7 Å². The van der Waals surface area contributed by atoms with Crippen LogP contribution in [0.2, 0.25) is 0 Å². The molecule has 0 saturated carbocycles. The van der Waals surface area contributed by atoms with E-state index in [0.29, 0.717) is 12.4 Å². The summed E-state index contributed by atoms with van der Waals surface area (Å²) in [6.45, 7) is 2.46. The molecule has 1 rings (SSSR count). The van der Waals surface area contributed by atoms with Crippen molar-refractivity contribution >= 4 is 33.6 Å². The van der Waals surface area contributed by atoms with Gasteiger partial charge in [0.25, 0.3) is 0 Å². The van der Waals surface area contributed by atoms with Crippen LogP contribution in [-0.4, -0.2) is 31.4 Å². The van der Waals surface area contributed by atoms with Crippen LogP contribution in [0.25, 0.3) is 0 Å². The van der Waals surface area contributed by atoms with Crippen LogP contribution in [-0.2, 0) is 9.53 Å². The lowest BCUT2D eigenvalue weighted by Crippen LogP contribution is -2.36. The first-order valence-corrected chi connectivity index (χ1v) is 7.06. The number of rotatable bonds is 6. The second-order valence-corrected chi connectivity index (χ2v) is 5.63. The van der Waals surface area contributed by atoms with Gasteiger partial charge in [0.05, 0.1) is 12.4 Å². The second-order valence-electron chi connectivity index (χ2n) is 3.67. The van der Waals surface area contributed by atoms with E-state index < -0.39 is 0 Å². The summed E-state index contributed by atoms with van der Waals surface area (Å²) >= 11 is 4.90. The first-order chi connectivity index (χ1) is 8.11. The van der Waals surface area contributed by atoms with Gasteiger partial charge in [-0.15, -0.1) is 11.8 Å². The Balaban J connectivity index is 2.30. The van der Waals surface area contributed by atoms with Crippen molar-refractivity contribution < 1.29 is 9.53 Å². The Bertz CT molecular complexity index is 356. The fraction of sp³-hybridized carbons (Fsp3) is 0.417. The normalized spacial score (nSPS) is 12.2. The molecule has 0 bridgehead atoms. The van der Waals surface area contributed by atoms with Crippen molar-refractivity contribution in [1.29, 1.82) is 0 Å². The van der Waals surface area contributed by atoms with Crippen LogP contribution < -0.4 is 5.32 Å². The summed E-state index contributed by atoms with van der Waals surface area (Å²) in [5.41, 5.74) is 0. The SMILES string of the molecule is COCC(C)NC(=O)CSc1ccc(Br)cc1. The van der Waals surface area contributed by atoms with E-state index in [0.717, 1.165) is 9.37 Å². The lowest BCUT2D eigenvalue weighted by Gasteiger charge is -2.12. The molecule has 5 heteroatoms. The second kappa shape index (κ2) is 7.74. The average molecular weight is 318 g/mol. The van der Waals surface area contributed by atoms with E-state index in [2.05, 4.69) is 21.2 Å². The summed E-state index contributed by atoms with van der Waals surface area (Å²) in [5.74, 6) is 0.456. The first kappa shape index (κ1) is 14.5. The highest BCUT2D eigenvalue weighted by Gasteiger charge is 2.07. The molecule has 1 unspecified atom stereocenters. The minimum atomic E-state index is 0.0301. The number of carbonyl (C=O) groups is 1. The van der Waals surface area contributed by atoms with Crippen molar-refractivity contribution in [1.82, 2.24) is 5.32 Å². The number of nitrogens with one attached hydrogen (secondary N) is 1. The molecule has 17 heavy (non-hydrogen) atoms. The third-order valence-corrected chi connectivity index (χ3v) is 3.55. The number of hydrogen-bond donors (Lipinski definition) is 1. The first-order valence-electron chi connectivity index (χ1n) is 5.28. The number of thioether (sulfide) groups is 1. The Hall–Kier alpha value is -0.520. The largest absolute Gasteiger partial charge is 0.383 e. The molecule has 1 aromatic carbocycles. The Labute approximate surface area is 114 Å². The minimum absolute atomic E-state index is 0.0301. The van der Waals surface area contributed by atoms with Crippen molar-refractivity contribution in [2.24, 2.45) is 0 Å². The topological polar surface area (TPSA) is 38.3 Å². The molecule has 1 amide bonds. The zero-order valence-corrected chi connectivity index (χ0v) is 12.3. The van der Waals surface area contributed by atoms with Gasteiger partial charge in [-0.25, -0.2) is 0 Å². The van der Waals surface area contributed by atoms with Crippen molar-refractivity contribution in [3.63, 3.8) is 0 Å². The Morgan fingerprint density at radius 2 is 2.12 bits per heavy atom. The highest BCUT2D eigenvalue weighted by Crippen LogP contribution is 2.20. The van der Waals surface area contributed by atoms with E-state index in [1.807, 2.05) is 31.2 Å². The Morgan fingerprint density at radius 1 is 1.47 bits per heavy atom. The molecule has 0 fully saturated rings. The average Bonchev–Trinajstić information content (AvgIpc) is 2.28. The van der Waals surface area contributed by atoms with Crippen LogP contribution in [0, 0.1) is 0 Å². The third kappa shape index (κ3) is 6.10. The lowest BCUT2D eigenvalue weighted by atomic mass is 10.3. The lowest BCUT2D eigenvalue weighted by molar-refractivity contribution is -0.119. The third-order valence-electron chi connectivity index (χ3n) is 2.01. The molecule has 0 radical (unpaired) electrons. The van der Waals surface area contributed by atoms with Crippen LogP contribution in [0.1, 0.15) is 6.92 Å². The molecule has 1 N–H and O–H groups in total. The molecule has 0 aliphatic rings. The summed E-state index contributed by atoms with van der Waals surface area (Å²) in [6, 6.07) is 7.96. The molecule has 0 heterocycles. The molecule has 0 aromatic heterocycles. The molecule has 1 aromatic rings. The minimum Gasteiger partial charge on any atom is -0.383 e. The molecule has 94 valence electrons. The summed E-state index contributed by atoms with van der Waals surface area (Å²) in [5, 5.41) is 2.87. The zero-order valence-electron chi connectivity index (χ0n) is 9.90. The number of benzene rings is 1. The van der Waals surface area contributed by atoms with Crippen molar-refractivity contribution in [2.45, 2.75) is 17.9 Å². The highest BCUT2D eigenvalue weighted by molar-refractivity contribution is 9.10. The standard InChI is InChI=1S/C12H16BrNO2S/c1-9(7-16-2)14-12(15)8-17-11-5-3-10(13)4-6-11/h3-6,9H,7-8H2,1-2H3,(H,14,15). The molecular weight excluding hydrogens is 302 g/mol. The summed E-state index contributed by atoms with van der Waals surface area (Å²) in [6.07, 6.45) is 0. The Kier molecular flexibility index (Phi) is 6.62. The zero-order chi connectivity index (χ0) is 12.7. The molecular formula is C12H16BrNO2S. The van der Waals surface area contributed by atoms with Gasteiger partial charge in [0.2, 0.25) is 5.91 Å². The fourth-order valence-electron chi connectivity index (χ4n) is 1.29. The quantitative estimate of drug-likeness (QED) is 0.820. The molecule has 1 atom stereocenters. The smallest absolute Gasteiger partial charge is 0.230 e. The maximum absolute atomic E-state index is 11.6. The van der Waals surface area contributed by atoms with E-state index in [1.54, 1.807) is 7.11 Å². The van der Waals surface area contributed by atoms with Gasteiger partial charge in [-0.1, -0.05) is 15.9 Å². The van der Waals surface area contributed by atoms with Gasteiger partial charge in [0.15, 0.2) is 0 Å². The van der Waals surface area contributed by atoms with E-state index in [4.69, 9.17) is 4.74 Å². The van der Waals surface area contributed by atoms with E-state index >= 15 is 0 Å². The monoisotopic (exact) mass is 317 g/mol. The van der Waals surface area contributed by atoms with Gasteiger partial charge in [0, 0.05) is 22.5 Å². The number of hydrogen-bond acceptors (Lipinski definition) is 3. The number of amides is 1. The van der Waals surface area contributed by atoms with Crippen LogP contribution in [0.3, 0.4) is 0 Å². The molecule has 0 spiro atoms. The van der Waals surface area contributed by atoms with Crippen molar-refractivity contribution in [3.8, 4) is 0 Å². The Morgan fingerprint density at radius 3 is 2.71 bits per heavy atom. The van der Waals surface area contributed by atoms with Gasteiger partial charge in [-0.05, 0) is 31.2 Å². The summed E-state index contributed by atoms with van der Waals surface area (Å²) in [7, 11) is 1.62. The maximum Gasteiger partial charge on any atom is 0.230 e. The van der Waals surface area contributed by atoms with Crippen LogP contribution in [0.15, 0.2) is 33.6 Å². The molecule has 0 aliphatic heterocycles. The summed E-state index contributed by atoms with van der Waals surface area (Å²) < 4.78 is 6.00. The van der Waals surface area contributed by atoms with Crippen molar-refractivity contribution in [2.75, 3.05) is 19.5 Å². The van der Waals surface area contributed by atoms with Crippen LogP contribution in [0.5, 0.6) is 0 Å². The number of ether oxygens (including phenoxy) is 1. The number of methoxy groups -OCH3 is 1. The van der Waals surface area contributed by atoms with Gasteiger partial charge < -0.3 is 10.1 Å². The van der Waals surface area contributed by atoms with Gasteiger partial charge >= 0.3 is 0 Å². The number of halogens is 1. The van der Waals surface area contributed by atoms with Gasteiger partial charge in [-0.3, -0.25) is 4.79 Å². The van der Waals surface area contributed by atoms with E-state index in [9.17, 15) is 4.79 Å². The van der Waals surface area contributed by atoms with Crippen LogP contribution in [0.4, 0.5) is 0 Å². The molecule has 0 aliphatic carbocycles. The van der Waals surface area contributed by atoms with E-state index in [1.165, 1.54) is 11.8 Å². The molecule has 3 nitrogen and oxygen atoms in total. The van der Waals surface area contributed by atoms with Gasteiger partial charge in [0.1, 0.15) is 0 Å². The summed E-state index contributed by atoms with van der Waals surface area (Å²) in [4.78, 5) is 12.7. The van der Waals surface area contributed by atoms with E-state index in [-0.39, 0.29) is 11.9 Å². The number of carbonyl (C=O) groups excluding carboxylic acids is 1. The maximum atomic E-state index is 11.6. The predicted molar refractivity (Wildman–Crippen MR) is 74.3 cm³/mol. The fourth-order valence-corrected chi connectivity index (χ4v) is 2.26. The predicted octanol–water partition coefficient (Wildman–Crippen LogP) is 2.69. The molecule has 0 saturated heterocycles. The highest BCUT2D eigenvalue weighted by atomic mass is 79.9. The van der Waals surface area contributed by atoms with Gasteiger partial charge in [-0.2, -0.15) is 0 Å².